The number of nitrogens with one attached hydrogen (secondary N) is 1. The van der Waals surface area contributed by atoms with Crippen LogP contribution in [0.25, 0.3) is 0 Å². The topological polar surface area (TPSA) is 98.2 Å². The van der Waals surface area contributed by atoms with Crippen LogP contribution in [0.15, 0.2) is 53.4 Å². The van der Waals surface area contributed by atoms with Crippen LogP contribution in [0.3, 0.4) is 0 Å². The predicted octanol–water partition coefficient (Wildman–Crippen LogP) is 4.51. The monoisotopic (exact) mass is 459 g/mol. The van der Waals surface area contributed by atoms with Gasteiger partial charge in [0.25, 0.3) is 10.0 Å². The van der Waals surface area contributed by atoms with Gasteiger partial charge in [-0.2, -0.15) is 0 Å². The molecule has 0 radical (unpaired) electrons. The molecule has 1 aromatic heterocycles. The van der Waals surface area contributed by atoms with Crippen molar-refractivity contribution < 1.29 is 17.9 Å². The van der Waals surface area contributed by atoms with E-state index in [-0.39, 0.29) is 22.2 Å². The molecule has 0 bridgehead atoms. The van der Waals surface area contributed by atoms with Crippen LogP contribution >= 0.6 is 11.3 Å². The molecule has 0 saturated heterocycles. The van der Waals surface area contributed by atoms with Crippen molar-refractivity contribution in [3.8, 4) is 5.75 Å². The highest BCUT2D eigenvalue weighted by Crippen LogP contribution is 2.21. The average molecular weight is 460 g/mol. The summed E-state index contributed by atoms with van der Waals surface area (Å²) in [6, 6.07) is 13.4. The van der Waals surface area contributed by atoms with E-state index in [2.05, 4.69) is 21.8 Å². The van der Waals surface area contributed by atoms with Crippen LogP contribution in [0.5, 0.6) is 5.75 Å². The van der Waals surface area contributed by atoms with E-state index in [1.165, 1.54) is 23.5 Å². The number of nitrogens with zero attached hydrogens (tertiary/aromatic N) is 2. The molecular formula is C22H25N3O4S2. The minimum atomic E-state index is -3.77. The first kappa shape index (κ1) is 22.9. The third-order valence-corrected chi connectivity index (χ3v) is 6.98. The third kappa shape index (κ3) is 6.35. The molecule has 0 spiro atoms. The highest BCUT2D eigenvalue weighted by molar-refractivity contribution is 7.93. The van der Waals surface area contributed by atoms with Gasteiger partial charge in [0.2, 0.25) is 5.13 Å². The van der Waals surface area contributed by atoms with E-state index in [1.807, 2.05) is 13.0 Å². The van der Waals surface area contributed by atoms with E-state index in [0.29, 0.717) is 24.3 Å². The van der Waals surface area contributed by atoms with Gasteiger partial charge >= 0.3 is 0 Å². The molecule has 0 aliphatic heterocycles. The number of benzene rings is 2. The lowest BCUT2D eigenvalue weighted by Crippen LogP contribution is -2.13. The Balaban J connectivity index is 1.64. The molecule has 2 aromatic carbocycles. The molecule has 1 heterocycles. The van der Waals surface area contributed by atoms with Crippen molar-refractivity contribution in [3.05, 3.63) is 64.7 Å². The number of sulfonamides is 1. The maximum Gasteiger partial charge on any atom is 0.263 e. The second-order valence-corrected chi connectivity index (χ2v) is 9.68. The molecule has 31 heavy (non-hydrogen) atoms. The lowest BCUT2D eigenvalue weighted by molar-refractivity contribution is 0.0992. The summed E-state index contributed by atoms with van der Waals surface area (Å²) in [5, 5.41) is 8.74. The number of carbonyl (C=O) groups is 1. The Morgan fingerprint density at radius 1 is 1.10 bits per heavy atom. The minimum absolute atomic E-state index is 0.0596. The largest absolute Gasteiger partial charge is 0.494 e. The fourth-order valence-electron chi connectivity index (χ4n) is 2.78. The fourth-order valence-corrected chi connectivity index (χ4v) is 4.69. The van der Waals surface area contributed by atoms with Gasteiger partial charge in [-0.3, -0.25) is 9.52 Å². The molecule has 0 unspecified atom stereocenters. The van der Waals surface area contributed by atoms with Crippen molar-refractivity contribution in [2.75, 3.05) is 11.3 Å². The number of aryl methyl sites for hydroxylation is 1. The van der Waals surface area contributed by atoms with Crippen LogP contribution in [-0.4, -0.2) is 31.0 Å². The quantitative estimate of drug-likeness (QED) is 0.335. The summed E-state index contributed by atoms with van der Waals surface area (Å²) in [4.78, 5) is 12.8. The smallest absolute Gasteiger partial charge is 0.263 e. The van der Waals surface area contributed by atoms with Gasteiger partial charge in [-0.1, -0.05) is 55.9 Å². The summed E-state index contributed by atoms with van der Waals surface area (Å²) in [6.45, 7) is 4.64. The third-order valence-electron chi connectivity index (χ3n) is 4.51. The number of anilines is 1. The van der Waals surface area contributed by atoms with Gasteiger partial charge in [0.15, 0.2) is 5.78 Å². The molecule has 0 amide bonds. The zero-order valence-corrected chi connectivity index (χ0v) is 19.1. The number of ketones is 1. The SMILES string of the molecule is CCCCOc1cccc(C(=O)Cc2ccc(S(=O)(=O)Nc3nnc(CC)s3)cc2)c1. The maximum absolute atomic E-state index is 12.7. The normalized spacial score (nSPS) is 11.3. The summed E-state index contributed by atoms with van der Waals surface area (Å²) in [5.41, 5.74) is 1.29. The standard InChI is InChI=1S/C22H25N3O4S2/c1-3-5-13-29-18-8-6-7-17(15-18)20(26)14-16-9-11-19(12-10-16)31(27,28)25-22-24-23-21(4-2)30-22/h6-12,15H,3-5,13-14H2,1-2H3,(H,24,25). The molecule has 0 aliphatic carbocycles. The van der Waals surface area contributed by atoms with Gasteiger partial charge in [0.05, 0.1) is 11.5 Å². The summed E-state index contributed by atoms with van der Waals surface area (Å²) in [7, 11) is -3.77. The van der Waals surface area contributed by atoms with Gasteiger partial charge in [0, 0.05) is 12.0 Å². The number of rotatable bonds is 11. The summed E-state index contributed by atoms with van der Waals surface area (Å²) in [6.07, 6.45) is 2.86. The first-order valence-corrected chi connectivity index (χ1v) is 12.4. The first-order chi connectivity index (χ1) is 14.9. The van der Waals surface area contributed by atoms with Crippen LogP contribution in [0.1, 0.15) is 47.6 Å². The Bertz CT molecular complexity index is 1130. The molecule has 0 atom stereocenters. The number of carbonyl (C=O) groups excluding carboxylic acids is 1. The van der Waals surface area contributed by atoms with Crippen LogP contribution < -0.4 is 9.46 Å². The number of Topliss-reactive ketones (excluding diaryl/α,β-unsaturated/α-hetero) is 1. The number of unbranched alkanes of at least 4 members (excludes halogenated alkanes) is 1. The Morgan fingerprint density at radius 2 is 1.87 bits per heavy atom. The summed E-state index contributed by atoms with van der Waals surface area (Å²) in [5.74, 6) is 0.616. The van der Waals surface area contributed by atoms with Gasteiger partial charge in [-0.15, -0.1) is 10.2 Å². The minimum Gasteiger partial charge on any atom is -0.494 e. The zero-order chi connectivity index (χ0) is 22.3. The molecule has 0 aliphatic rings. The van der Waals surface area contributed by atoms with E-state index in [1.54, 1.807) is 30.3 Å². The lowest BCUT2D eigenvalue weighted by Gasteiger charge is -2.08. The number of aromatic nitrogens is 2. The van der Waals surface area contributed by atoms with Crippen molar-refractivity contribution in [2.24, 2.45) is 0 Å². The van der Waals surface area contributed by atoms with Crippen molar-refractivity contribution in [1.82, 2.24) is 10.2 Å². The average Bonchev–Trinajstić information content (AvgIpc) is 3.21. The van der Waals surface area contributed by atoms with Crippen molar-refractivity contribution in [3.63, 3.8) is 0 Å². The summed E-state index contributed by atoms with van der Waals surface area (Å²) < 4.78 is 33.2. The molecular weight excluding hydrogens is 434 g/mol. The maximum atomic E-state index is 12.7. The molecule has 3 aromatic rings. The highest BCUT2D eigenvalue weighted by atomic mass is 32.2. The Hall–Kier alpha value is -2.78. The second kappa shape index (κ2) is 10.5. The Labute approximate surface area is 186 Å². The number of ether oxygens (including phenoxy) is 1. The molecule has 1 N–H and O–H groups in total. The van der Waals surface area contributed by atoms with E-state index in [9.17, 15) is 13.2 Å². The van der Waals surface area contributed by atoms with Gasteiger partial charge < -0.3 is 4.74 Å². The van der Waals surface area contributed by atoms with E-state index in [0.717, 1.165) is 23.4 Å². The first-order valence-electron chi connectivity index (χ1n) is 10.1. The van der Waals surface area contributed by atoms with Gasteiger partial charge in [0.1, 0.15) is 10.8 Å². The fraction of sp³-hybridized carbons (Fsp3) is 0.318. The van der Waals surface area contributed by atoms with E-state index in [4.69, 9.17) is 4.74 Å². The molecule has 7 nitrogen and oxygen atoms in total. The zero-order valence-electron chi connectivity index (χ0n) is 17.5. The number of hydrogen-bond donors (Lipinski definition) is 1. The molecule has 3 rings (SSSR count). The summed E-state index contributed by atoms with van der Waals surface area (Å²) >= 11 is 1.20. The number of hydrogen-bond acceptors (Lipinski definition) is 7. The van der Waals surface area contributed by atoms with Gasteiger partial charge in [-0.25, -0.2) is 8.42 Å². The second-order valence-electron chi connectivity index (χ2n) is 6.93. The van der Waals surface area contributed by atoms with Crippen molar-refractivity contribution in [2.45, 2.75) is 44.4 Å². The van der Waals surface area contributed by atoms with Gasteiger partial charge in [-0.05, 0) is 42.7 Å². The lowest BCUT2D eigenvalue weighted by atomic mass is 10.0. The van der Waals surface area contributed by atoms with Crippen molar-refractivity contribution >= 4 is 32.3 Å². The van der Waals surface area contributed by atoms with Crippen LogP contribution in [0.2, 0.25) is 0 Å². The van der Waals surface area contributed by atoms with E-state index < -0.39 is 10.0 Å². The van der Waals surface area contributed by atoms with Crippen LogP contribution in [-0.2, 0) is 22.9 Å². The van der Waals surface area contributed by atoms with Crippen molar-refractivity contribution in [1.29, 1.82) is 0 Å². The molecule has 9 heteroatoms. The van der Waals surface area contributed by atoms with Crippen LogP contribution in [0.4, 0.5) is 5.13 Å². The van der Waals surface area contributed by atoms with E-state index >= 15 is 0 Å². The Kier molecular flexibility index (Phi) is 7.75. The van der Waals surface area contributed by atoms with Crippen LogP contribution in [0, 0.1) is 0 Å². The molecule has 0 saturated carbocycles. The Morgan fingerprint density at radius 3 is 2.55 bits per heavy atom. The molecule has 0 fully saturated rings. The predicted molar refractivity (Wildman–Crippen MR) is 121 cm³/mol. The highest BCUT2D eigenvalue weighted by Gasteiger charge is 2.17. The molecule has 164 valence electrons.